The molecule has 0 spiro atoms. The molecule has 1 heterocycles. The molecule has 0 fully saturated rings. The van der Waals surface area contributed by atoms with Gasteiger partial charge in [-0.15, -0.1) is 11.3 Å². The van der Waals surface area contributed by atoms with Crippen LogP contribution in [0.3, 0.4) is 0 Å². The molecule has 1 aromatic carbocycles. The van der Waals surface area contributed by atoms with Gasteiger partial charge in [0.15, 0.2) is 5.43 Å². The van der Waals surface area contributed by atoms with Crippen LogP contribution in [0.4, 0.5) is 0 Å². The maximum atomic E-state index is 11.4. The molecule has 0 saturated carbocycles. The summed E-state index contributed by atoms with van der Waals surface area (Å²) in [5.41, 5.74) is 1.24. The monoisotopic (exact) mass is 176 g/mol. The van der Waals surface area contributed by atoms with Crippen molar-refractivity contribution in [3.05, 3.63) is 45.4 Å². The zero-order valence-electron chi connectivity index (χ0n) is 6.70. The molecule has 0 atom stereocenters. The Morgan fingerprint density at radius 1 is 1.25 bits per heavy atom. The van der Waals surface area contributed by atoms with E-state index in [2.05, 4.69) is 0 Å². The highest BCUT2D eigenvalue weighted by molar-refractivity contribution is 7.17. The lowest BCUT2D eigenvalue weighted by Crippen LogP contribution is -1.91. The fourth-order valence-corrected chi connectivity index (χ4v) is 2.09. The zero-order valence-corrected chi connectivity index (χ0v) is 7.52. The van der Waals surface area contributed by atoms with Gasteiger partial charge in [0.1, 0.15) is 0 Å². The lowest BCUT2D eigenvalue weighted by molar-refractivity contribution is 1.52. The highest BCUT2D eigenvalue weighted by Gasteiger charge is 1.96. The lowest BCUT2D eigenvalue weighted by Gasteiger charge is -1.78. The van der Waals surface area contributed by atoms with Crippen molar-refractivity contribution in [1.29, 1.82) is 0 Å². The third-order valence-electron chi connectivity index (χ3n) is 1.82. The van der Waals surface area contributed by atoms with Crippen molar-refractivity contribution in [3.63, 3.8) is 0 Å². The molecule has 0 amide bonds. The van der Waals surface area contributed by atoms with Gasteiger partial charge in [-0.3, -0.25) is 4.79 Å². The van der Waals surface area contributed by atoms with Gasteiger partial charge >= 0.3 is 0 Å². The first-order valence-corrected chi connectivity index (χ1v) is 4.63. The second kappa shape index (κ2) is 2.72. The molecule has 0 saturated heterocycles. The summed E-state index contributed by atoms with van der Waals surface area (Å²) in [5, 5.41) is 2.78. The van der Waals surface area contributed by atoms with Crippen LogP contribution < -0.4 is 5.43 Å². The molecule has 0 aliphatic carbocycles. The minimum Gasteiger partial charge on any atom is -0.289 e. The molecule has 60 valence electrons. The molecule has 2 aromatic rings. The zero-order chi connectivity index (χ0) is 8.55. The smallest absolute Gasteiger partial charge is 0.187 e. The van der Waals surface area contributed by atoms with Crippen molar-refractivity contribution in [2.45, 2.75) is 6.92 Å². The minimum absolute atomic E-state index is 0.111. The maximum absolute atomic E-state index is 11.4. The van der Waals surface area contributed by atoms with Gasteiger partial charge in [0, 0.05) is 10.1 Å². The Labute approximate surface area is 74.3 Å². The third-order valence-corrected chi connectivity index (χ3v) is 2.68. The SMILES string of the molecule is Cc1ccc(=O)c2ccsc2c1. The molecule has 0 bridgehead atoms. The molecule has 1 aromatic heterocycles. The number of aryl methyl sites for hydroxylation is 1. The highest BCUT2D eigenvalue weighted by atomic mass is 32.1. The summed E-state index contributed by atoms with van der Waals surface area (Å²) in [6, 6.07) is 7.41. The Hall–Kier alpha value is -1.15. The van der Waals surface area contributed by atoms with E-state index < -0.39 is 0 Å². The Bertz CT molecular complexity index is 470. The summed E-state index contributed by atoms with van der Waals surface area (Å²) in [4.78, 5) is 11.4. The molecular formula is C10H8OS. The van der Waals surface area contributed by atoms with Gasteiger partial charge in [0.2, 0.25) is 0 Å². The van der Waals surface area contributed by atoms with Crippen LogP contribution in [0.1, 0.15) is 5.56 Å². The average Bonchev–Trinajstić information content (AvgIpc) is 2.44. The summed E-state index contributed by atoms with van der Waals surface area (Å²) < 4.78 is 1.07. The van der Waals surface area contributed by atoms with E-state index in [0.717, 1.165) is 15.6 Å². The van der Waals surface area contributed by atoms with Crippen LogP contribution >= 0.6 is 11.3 Å². The largest absolute Gasteiger partial charge is 0.289 e. The van der Waals surface area contributed by atoms with Crippen molar-refractivity contribution >= 4 is 21.4 Å². The third kappa shape index (κ3) is 1.14. The second-order valence-corrected chi connectivity index (χ2v) is 3.73. The van der Waals surface area contributed by atoms with Gasteiger partial charge in [-0.2, -0.15) is 0 Å². The number of hydrogen-bond acceptors (Lipinski definition) is 2. The minimum atomic E-state index is 0.111. The van der Waals surface area contributed by atoms with Crippen molar-refractivity contribution in [2.24, 2.45) is 0 Å². The van der Waals surface area contributed by atoms with E-state index in [9.17, 15) is 4.79 Å². The van der Waals surface area contributed by atoms with Crippen molar-refractivity contribution < 1.29 is 0 Å². The van der Waals surface area contributed by atoms with Gasteiger partial charge < -0.3 is 0 Å². The van der Waals surface area contributed by atoms with Crippen LogP contribution in [0.5, 0.6) is 0 Å². The van der Waals surface area contributed by atoms with Crippen LogP contribution in [0.25, 0.3) is 10.1 Å². The van der Waals surface area contributed by atoms with Gasteiger partial charge in [-0.1, -0.05) is 6.07 Å². The summed E-state index contributed by atoms with van der Waals surface area (Å²) in [5.74, 6) is 0. The summed E-state index contributed by atoms with van der Waals surface area (Å²) in [6.45, 7) is 2.00. The fourth-order valence-electron chi connectivity index (χ4n) is 1.19. The van der Waals surface area contributed by atoms with Crippen LogP contribution in [0.15, 0.2) is 34.4 Å². The Kier molecular flexibility index (Phi) is 1.70. The topological polar surface area (TPSA) is 17.1 Å². The summed E-state index contributed by atoms with van der Waals surface area (Å²) in [6.07, 6.45) is 0. The van der Waals surface area contributed by atoms with Crippen LogP contribution in [-0.2, 0) is 0 Å². The Balaban J connectivity index is 3.04. The molecule has 1 nitrogen and oxygen atoms in total. The second-order valence-electron chi connectivity index (χ2n) is 2.78. The van der Waals surface area contributed by atoms with E-state index in [1.165, 1.54) is 0 Å². The highest BCUT2D eigenvalue weighted by Crippen LogP contribution is 2.16. The maximum Gasteiger partial charge on any atom is 0.187 e. The number of fused-ring (bicyclic) bond motifs is 1. The van der Waals surface area contributed by atoms with Crippen LogP contribution in [0.2, 0.25) is 0 Å². The number of rotatable bonds is 0. The molecule has 2 rings (SSSR count). The Morgan fingerprint density at radius 2 is 2.08 bits per heavy atom. The summed E-state index contributed by atoms with van der Waals surface area (Å²) >= 11 is 1.61. The first kappa shape index (κ1) is 7.50. The van der Waals surface area contributed by atoms with Gasteiger partial charge in [-0.25, -0.2) is 0 Å². The quantitative estimate of drug-likeness (QED) is 0.603. The molecular weight excluding hydrogens is 168 g/mol. The molecule has 0 radical (unpaired) electrons. The van der Waals surface area contributed by atoms with E-state index in [0.29, 0.717) is 0 Å². The first-order chi connectivity index (χ1) is 5.77. The van der Waals surface area contributed by atoms with Gasteiger partial charge in [-0.05, 0) is 36.1 Å². The van der Waals surface area contributed by atoms with E-state index in [1.54, 1.807) is 17.4 Å². The summed E-state index contributed by atoms with van der Waals surface area (Å²) in [7, 11) is 0. The van der Waals surface area contributed by atoms with Gasteiger partial charge in [0.25, 0.3) is 0 Å². The Morgan fingerprint density at radius 3 is 2.92 bits per heavy atom. The van der Waals surface area contributed by atoms with E-state index >= 15 is 0 Å². The van der Waals surface area contributed by atoms with Crippen molar-refractivity contribution in [2.75, 3.05) is 0 Å². The first-order valence-electron chi connectivity index (χ1n) is 3.75. The fraction of sp³-hybridized carbons (Fsp3) is 0.100. The molecule has 12 heavy (non-hydrogen) atoms. The molecule has 0 unspecified atom stereocenters. The number of hydrogen-bond donors (Lipinski definition) is 0. The number of thiophene rings is 1. The average molecular weight is 176 g/mol. The van der Waals surface area contributed by atoms with Crippen LogP contribution in [-0.4, -0.2) is 0 Å². The molecule has 2 heteroatoms. The molecule has 0 aliphatic rings. The standard InChI is InChI=1S/C10H8OS/c1-7-2-3-9(11)8-4-5-12-10(8)6-7/h2-6H,1H3. The van der Waals surface area contributed by atoms with Crippen LogP contribution in [0, 0.1) is 6.92 Å². The van der Waals surface area contributed by atoms with E-state index in [4.69, 9.17) is 0 Å². The van der Waals surface area contributed by atoms with Crippen molar-refractivity contribution in [3.8, 4) is 0 Å². The normalized spacial score (nSPS) is 10.4. The lowest BCUT2D eigenvalue weighted by atomic mass is 10.3. The van der Waals surface area contributed by atoms with Gasteiger partial charge in [0.05, 0.1) is 0 Å². The molecule has 0 N–H and O–H groups in total. The van der Waals surface area contributed by atoms with E-state index in [1.807, 2.05) is 30.5 Å². The predicted octanol–water partition coefficient (Wildman–Crippen LogP) is 2.57. The molecule has 0 aliphatic heterocycles. The van der Waals surface area contributed by atoms with Crippen molar-refractivity contribution in [1.82, 2.24) is 0 Å². The predicted molar refractivity (Wildman–Crippen MR) is 52.8 cm³/mol. The van der Waals surface area contributed by atoms with E-state index in [-0.39, 0.29) is 5.43 Å².